The summed E-state index contributed by atoms with van der Waals surface area (Å²) in [5, 5.41) is 8.99. The van der Waals surface area contributed by atoms with Crippen LogP contribution in [0.4, 0.5) is 13.2 Å². The minimum atomic E-state index is -4.24. The van der Waals surface area contributed by atoms with Gasteiger partial charge in [0.05, 0.1) is 5.56 Å². The van der Waals surface area contributed by atoms with Crippen molar-refractivity contribution in [3.63, 3.8) is 0 Å². The van der Waals surface area contributed by atoms with E-state index in [1.54, 1.807) is 12.1 Å². The zero-order chi connectivity index (χ0) is 20.0. The van der Waals surface area contributed by atoms with Crippen LogP contribution in [0.5, 0.6) is 0 Å². The average molecular weight is 397 g/mol. The normalized spacial score (nSPS) is 29.0. The fourth-order valence-corrected chi connectivity index (χ4v) is 5.51. The van der Waals surface area contributed by atoms with E-state index in [-0.39, 0.29) is 0 Å². The van der Waals surface area contributed by atoms with Crippen molar-refractivity contribution >= 4 is 0 Å². The Balaban J connectivity index is 1.35. The Morgan fingerprint density at radius 2 is 1.25 bits per heavy atom. The van der Waals surface area contributed by atoms with E-state index in [4.69, 9.17) is 5.11 Å². The molecule has 1 nitrogen and oxygen atoms in total. The molecular formula is C24H35F3O. The Kier molecular flexibility index (Phi) is 7.85. The van der Waals surface area contributed by atoms with Crippen LogP contribution >= 0.6 is 0 Å². The number of hydrogen-bond donors (Lipinski definition) is 1. The number of rotatable bonds is 7. The molecule has 0 heterocycles. The van der Waals surface area contributed by atoms with Crippen LogP contribution in [-0.4, -0.2) is 11.7 Å². The van der Waals surface area contributed by atoms with Gasteiger partial charge in [-0.25, -0.2) is 0 Å². The van der Waals surface area contributed by atoms with Gasteiger partial charge in [-0.05, 0) is 92.7 Å². The molecule has 1 aromatic rings. The Morgan fingerprint density at radius 3 is 1.71 bits per heavy atom. The van der Waals surface area contributed by atoms with Crippen LogP contribution in [0.25, 0.3) is 0 Å². The van der Waals surface area contributed by atoms with E-state index in [0.29, 0.717) is 6.61 Å². The maximum absolute atomic E-state index is 12.7. The largest absolute Gasteiger partial charge is 0.416 e. The quantitative estimate of drug-likeness (QED) is 0.525. The summed E-state index contributed by atoms with van der Waals surface area (Å²) in [6.07, 6.45) is 10.6. The molecule has 0 unspecified atom stereocenters. The van der Waals surface area contributed by atoms with Crippen LogP contribution < -0.4 is 0 Å². The van der Waals surface area contributed by atoms with Gasteiger partial charge in [-0.1, -0.05) is 37.8 Å². The Labute approximate surface area is 167 Å². The van der Waals surface area contributed by atoms with E-state index >= 15 is 0 Å². The standard InChI is InChI=1S/C24H35F3O/c25-24(26,27)23-15-9-20(10-16-23)4-3-19-7-13-22(14-8-19)21-11-5-18(6-12-21)2-1-17-28/h9-10,15-16,18-19,21-22,28H,1-8,11-14,17H2. The molecule has 2 aliphatic rings. The molecule has 1 N–H and O–H groups in total. The summed E-state index contributed by atoms with van der Waals surface area (Å²) in [5.41, 5.74) is 0.471. The van der Waals surface area contributed by atoms with Crippen LogP contribution in [0.1, 0.15) is 81.8 Å². The zero-order valence-electron chi connectivity index (χ0n) is 16.9. The third-order valence-corrected chi connectivity index (χ3v) is 7.34. The molecule has 0 radical (unpaired) electrons. The van der Waals surface area contributed by atoms with Crippen molar-refractivity contribution in [3.05, 3.63) is 35.4 Å². The molecule has 2 aliphatic carbocycles. The number of aryl methyl sites for hydroxylation is 1. The van der Waals surface area contributed by atoms with E-state index in [9.17, 15) is 13.2 Å². The summed E-state index contributed by atoms with van der Waals surface area (Å²) in [6, 6.07) is 5.71. The second-order valence-electron chi connectivity index (χ2n) is 9.16. The molecule has 28 heavy (non-hydrogen) atoms. The minimum absolute atomic E-state index is 0.330. The molecule has 0 bridgehead atoms. The van der Waals surface area contributed by atoms with Gasteiger partial charge >= 0.3 is 6.18 Å². The first-order valence-corrected chi connectivity index (χ1v) is 11.2. The fourth-order valence-electron chi connectivity index (χ4n) is 5.51. The predicted molar refractivity (Wildman–Crippen MR) is 107 cm³/mol. The van der Waals surface area contributed by atoms with E-state index in [1.165, 1.54) is 69.9 Å². The number of halogens is 3. The second-order valence-corrected chi connectivity index (χ2v) is 9.16. The van der Waals surface area contributed by atoms with Gasteiger partial charge < -0.3 is 5.11 Å². The van der Waals surface area contributed by atoms with Gasteiger partial charge in [0, 0.05) is 6.61 Å². The highest BCUT2D eigenvalue weighted by Crippen LogP contribution is 2.43. The summed E-state index contributed by atoms with van der Waals surface area (Å²) < 4.78 is 38.0. The predicted octanol–water partition coefficient (Wildman–Crippen LogP) is 7.02. The first-order chi connectivity index (χ1) is 13.5. The van der Waals surface area contributed by atoms with Crippen LogP contribution in [0, 0.1) is 23.7 Å². The van der Waals surface area contributed by atoms with Crippen LogP contribution in [0.15, 0.2) is 24.3 Å². The molecule has 4 heteroatoms. The SMILES string of the molecule is OCCCC1CCC(C2CCC(CCc3ccc(C(F)(F)F)cc3)CC2)CC1. The zero-order valence-corrected chi connectivity index (χ0v) is 16.9. The molecule has 0 amide bonds. The van der Waals surface area contributed by atoms with Gasteiger partial charge in [-0.2, -0.15) is 13.2 Å². The van der Waals surface area contributed by atoms with Gasteiger partial charge in [0.15, 0.2) is 0 Å². The summed E-state index contributed by atoms with van der Waals surface area (Å²) in [6.45, 7) is 0.330. The lowest BCUT2D eigenvalue weighted by atomic mass is 9.68. The van der Waals surface area contributed by atoms with Crippen LogP contribution in [0.3, 0.4) is 0 Å². The molecule has 0 aliphatic heterocycles. The summed E-state index contributed by atoms with van der Waals surface area (Å²) in [4.78, 5) is 0. The van der Waals surface area contributed by atoms with Crippen LogP contribution in [0.2, 0.25) is 0 Å². The molecule has 1 aromatic carbocycles. The lowest BCUT2D eigenvalue weighted by Gasteiger charge is -2.38. The molecule has 2 fully saturated rings. The average Bonchev–Trinajstić information content (AvgIpc) is 2.71. The summed E-state index contributed by atoms with van der Waals surface area (Å²) in [7, 11) is 0. The van der Waals surface area contributed by atoms with Gasteiger partial charge in [-0.3, -0.25) is 0 Å². The molecule has 0 spiro atoms. The summed E-state index contributed by atoms with van der Waals surface area (Å²) >= 11 is 0. The maximum Gasteiger partial charge on any atom is 0.416 e. The lowest BCUT2D eigenvalue weighted by molar-refractivity contribution is -0.137. The van der Waals surface area contributed by atoms with Crippen molar-refractivity contribution in [1.82, 2.24) is 0 Å². The second kappa shape index (κ2) is 10.1. The summed E-state index contributed by atoms with van der Waals surface area (Å²) in [5.74, 6) is 3.37. The van der Waals surface area contributed by atoms with E-state index in [2.05, 4.69) is 0 Å². The first kappa shape index (κ1) is 21.7. The number of hydrogen-bond acceptors (Lipinski definition) is 1. The number of aliphatic hydroxyl groups excluding tert-OH is 1. The van der Waals surface area contributed by atoms with E-state index < -0.39 is 11.7 Å². The van der Waals surface area contributed by atoms with Crippen molar-refractivity contribution in [3.8, 4) is 0 Å². The molecule has 2 saturated carbocycles. The highest BCUT2D eigenvalue weighted by Gasteiger charge is 2.31. The minimum Gasteiger partial charge on any atom is -0.396 e. The smallest absolute Gasteiger partial charge is 0.396 e. The number of alkyl halides is 3. The molecule has 0 aromatic heterocycles. The third-order valence-electron chi connectivity index (χ3n) is 7.34. The van der Waals surface area contributed by atoms with Gasteiger partial charge in [0.1, 0.15) is 0 Å². The van der Waals surface area contributed by atoms with Crippen molar-refractivity contribution in [2.45, 2.75) is 83.2 Å². The highest BCUT2D eigenvalue weighted by atomic mass is 19.4. The highest BCUT2D eigenvalue weighted by molar-refractivity contribution is 5.24. The van der Waals surface area contributed by atoms with Crippen molar-refractivity contribution in [2.24, 2.45) is 23.7 Å². The van der Waals surface area contributed by atoms with Crippen molar-refractivity contribution in [2.75, 3.05) is 6.61 Å². The third kappa shape index (κ3) is 6.23. The van der Waals surface area contributed by atoms with Crippen molar-refractivity contribution < 1.29 is 18.3 Å². The van der Waals surface area contributed by atoms with Crippen LogP contribution in [-0.2, 0) is 12.6 Å². The van der Waals surface area contributed by atoms with Crippen molar-refractivity contribution in [1.29, 1.82) is 0 Å². The van der Waals surface area contributed by atoms with E-state index in [1.807, 2.05) is 0 Å². The lowest BCUT2D eigenvalue weighted by Crippen LogP contribution is -2.26. The van der Waals surface area contributed by atoms with Gasteiger partial charge in [-0.15, -0.1) is 0 Å². The molecular weight excluding hydrogens is 361 g/mol. The monoisotopic (exact) mass is 396 g/mol. The molecule has 158 valence electrons. The molecule has 0 saturated heterocycles. The first-order valence-electron chi connectivity index (χ1n) is 11.2. The Morgan fingerprint density at radius 1 is 0.750 bits per heavy atom. The Hall–Kier alpha value is -1.03. The molecule has 3 rings (SSSR count). The fraction of sp³-hybridized carbons (Fsp3) is 0.750. The molecule has 0 atom stereocenters. The van der Waals surface area contributed by atoms with E-state index in [0.717, 1.165) is 48.5 Å². The number of aliphatic hydroxyl groups is 1. The maximum atomic E-state index is 12.7. The number of benzene rings is 1. The topological polar surface area (TPSA) is 20.2 Å². The Bertz CT molecular complexity index is 565. The van der Waals surface area contributed by atoms with Gasteiger partial charge in [0.2, 0.25) is 0 Å². The van der Waals surface area contributed by atoms with Gasteiger partial charge in [0.25, 0.3) is 0 Å².